The fourth-order valence-corrected chi connectivity index (χ4v) is 1.97. The Balaban J connectivity index is 2.43. The predicted molar refractivity (Wildman–Crippen MR) is 45.4 cm³/mol. The van der Waals surface area contributed by atoms with Crippen molar-refractivity contribution < 1.29 is 5.21 Å². The lowest BCUT2D eigenvalue weighted by molar-refractivity contribution is 0.142. The molecular weight excluding hydrogens is 138 g/mol. The summed E-state index contributed by atoms with van der Waals surface area (Å²) in [5.74, 6) is 1.31. The first-order valence-corrected chi connectivity index (χ1v) is 4.26. The minimum atomic E-state index is 0.625. The second-order valence-electron chi connectivity index (χ2n) is 3.66. The third kappa shape index (κ3) is 2.64. The zero-order chi connectivity index (χ0) is 8.27. The minimum Gasteiger partial charge on any atom is -0.317 e. The van der Waals surface area contributed by atoms with Crippen molar-refractivity contribution in [1.82, 2.24) is 5.48 Å². The van der Waals surface area contributed by atoms with Gasteiger partial charge in [0.15, 0.2) is 0 Å². The summed E-state index contributed by atoms with van der Waals surface area (Å²) < 4.78 is 0. The largest absolute Gasteiger partial charge is 0.317 e. The van der Waals surface area contributed by atoms with E-state index < -0.39 is 0 Å². The van der Waals surface area contributed by atoms with Crippen molar-refractivity contribution in [2.75, 3.05) is 6.54 Å². The topological polar surface area (TPSA) is 32.3 Å². The summed E-state index contributed by atoms with van der Waals surface area (Å²) in [5.41, 5.74) is 3.71. The molecule has 2 nitrogen and oxygen atoms in total. The van der Waals surface area contributed by atoms with Crippen LogP contribution in [-0.2, 0) is 0 Å². The van der Waals surface area contributed by atoms with Crippen molar-refractivity contribution in [3.63, 3.8) is 0 Å². The maximum atomic E-state index is 8.52. The van der Waals surface area contributed by atoms with E-state index in [4.69, 9.17) is 5.21 Å². The van der Waals surface area contributed by atoms with Crippen LogP contribution in [0.15, 0.2) is 11.6 Å². The van der Waals surface area contributed by atoms with Crippen LogP contribution in [0.25, 0.3) is 0 Å². The minimum absolute atomic E-state index is 0.625. The van der Waals surface area contributed by atoms with E-state index in [1.807, 2.05) is 0 Å². The van der Waals surface area contributed by atoms with Gasteiger partial charge in [-0.2, -0.15) is 0 Å². The van der Waals surface area contributed by atoms with Crippen LogP contribution in [0.5, 0.6) is 0 Å². The van der Waals surface area contributed by atoms with E-state index in [9.17, 15) is 0 Å². The van der Waals surface area contributed by atoms with Gasteiger partial charge in [-0.15, -0.1) is 0 Å². The molecule has 11 heavy (non-hydrogen) atoms. The van der Waals surface area contributed by atoms with Gasteiger partial charge >= 0.3 is 0 Å². The monoisotopic (exact) mass is 155 g/mol. The number of hydrogen-bond donors (Lipinski definition) is 2. The molecule has 0 aromatic rings. The zero-order valence-electron chi connectivity index (χ0n) is 7.30. The summed E-state index contributed by atoms with van der Waals surface area (Å²) in [5, 5.41) is 8.52. The first kappa shape index (κ1) is 8.75. The molecule has 0 saturated carbocycles. The highest BCUT2D eigenvalue weighted by Gasteiger charge is 2.16. The quantitative estimate of drug-likeness (QED) is 0.472. The van der Waals surface area contributed by atoms with Crippen LogP contribution in [0, 0.1) is 11.8 Å². The summed E-state index contributed by atoms with van der Waals surface area (Å²) in [7, 11) is 0. The fourth-order valence-electron chi connectivity index (χ4n) is 1.97. The van der Waals surface area contributed by atoms with Crippen molar-refractivity contribution in [3.05, 3.63) is 11.6 Å². The van der Waals surface area contributed by atoms with Gasteiger partial charge < -0.3 is 5.21 Å². The molecule has 0 aliphatic heterocycles. The molecule has 1 aliphatic carbocycles. The maximum Gasteiger partial charge on any atom is 0.0239 e. The third-order valence-electron chi connectivity index (χ3n) is 2.26. The molecule has 2 N–H and O–H groups in total. The van der Waals surface area contributed by atoms with Gasteiger partial charge in [0.1, 0.15) is 0 Å². The van der Waals surface area contributed by atoms with E-state index in [-0.39, 0.29) is 0 Å². The van der Waals surface area contributed by atoms with Crippen LogP contribution in [0.3, 0.4) is 0 Å². The van der Waals surface area contributed by atoms with E-state index in [2.05, 4.69) is 25.4 Å². The molecule has 0 radical (unpaired) electrons. The smallest absolute Gasteiger partial charge is 0.0239 e. The highest BCUT2D eigenvalue weighted by atomic mass is 16.5. The lowest BCUT2D eigenvalue weighted by atomic mass is 9.84. The fraction of sp³-hybridized carbons (Fsp3) is 0.778. The molecule has 0 spiro atoms. The van der Waals surface area contributed by atoms with Crippen LogP contribution < -0.4 is 5.48 Å². The Morgan fingerprint density at radius 2 is 2.45 bits per heavy atom. The van der Waals surface area contributed by atoms with Crippen molar-refractivity contribution in [1.29, 1.82) is 0 Å². The molecule has 2 atom stereocenters. The average Bonchev–Trinajstić information content (AvgIpc) is 1.85. The standard InChI is InChI=1S/C9H17NO/c1-7-3-8(2)5-9(4-7)6-10-11/h3,7,9-11H,4-6H2,1-2H3. The van der Waals surface area contributed by atoms with Crippen LogP contribution in [0.2, 0.25) is 0 Å². The first-order valence-electron chi connectivity index (χ1n) is 4.26. The Kier molecular flexibility index (Phi) is 3.09. The molecule has 0 fully saturated rings. The number of rotatable bonds is 2. The summed E-state index contributed by atoms with van der Waals surface area (Å²) in [6, 6.07) is 0. The average molecular weight is 155 g/mol. The molecular formula is C9H17NO. The Labute approximate surface area is 68.3 Å². The van der Waals surface area contributed by atoms with E-state index in [0.29, 0.717) is 11.8 Å². The molecule has 2 heteroatoms. The van der Waals surface area contributed by atoms with Gasteiger partial charge in [0, 0.05) is 6.54 Å². The molecule has 0 aromatic carbocycles. The van der Waals surface area contributed by atoms with E-state index in [0.717, 1.165) is 13.0 Å². The molecule has 2 unspecified atom stereocenters. The molecule has 0 heterocycles. The van der Waals surface area contributed by atoms with Crippen LogP contribution in [-0.4, -0.2) is 11.8 Å². The summed E-state index contributed by atoms with van der Waals surface area (Å²) in [6.45, 7) is 5.13. The lowest BCUT2D eigenvalue weighted by Crippen LogP contribution is -2.23. The molecule has 64 valence electrons. The summed E-state index contributed by atoms with van der Waals surface area (Å²) in [4.78, 5) is 0. The summed E-state index contributed by atoms with van der Waals surface area (Å²) >= 11 is 0. The molecule has 1 rings (SSSR count). The van der Waals surface area contributed by atoms with Gasteiger partial charge in [0.25, 0.3) is 0 Å². The molecule has 0 aromatic heterocycles. The Morgan fingerprint density at radius 3 is 3.00 bits per heavy atom. The van der Waals surface area contributed by atoms with Crippen LogP contribution >= 0.6 is 0 Å². The van der Waals surface area contributed by atoms with Gasteiger partial charge in [-0.25, -0.2) is 5.48 Å². The Morgan fingerprint density at radius 1 is 1.73 bits per heavy atom. The SMILES string of the molecule is CC1=CC(C)CC(CNO)C1. The van der Waals surface area contributed by atoms with Crippen molar-refractivity contribution in [2.45, 2.75) is 26.7 Å². The van der Waals surface area contributed by atoms with E-state index >= 15 is 0 Å². The molecule has 0 bridgehead atoms. The second-order valence-corrected chi connectivity index (χ2v) is 3.66. The molecule has 0 amide bonds. The number of hydrogen-bond acceptors (Lipinski definition) is 2. The number of allylic oxidation sites excluding steroid dienone is 2. The van der Waals surface area contributed by atoms with Gasteiger partial charge in [0.2, 0.25) is 0 Å². The van der Waals surface area contributed by atoms with E-state index in [1.165, 1.54) is 12.0 Å². The van der Waals surface area contributed by atoms with E-state index in [1.54, 1.807) is 0 Å². The molecule has 1 aliphatic rings. The van der Waals surface area contributed by atoms with Crippen molar-refractivity contribution >= 4 is 0 Å². The third-order valence-corrected chi connectivity index (χ3v) is 2.26. The maximum absolute atomic E-state index is 8.52. The molecule has 0 saturated heterocycles. The number of nitrogens with one attached hydrogen (secondary N) is 1. The van der Waals surface area contributed by atoms with Gasteiger partial charge in [-0.3, -0.25) is 0 Å². The van der Waals surface area contributed by atoms with Gasteiger partial charge in [0.05, 0.1) is 0 Å². The van der Waals surface area contributed by atoms with Crippen molar-refractivity contribution in [3.8, 4) is 0 Å². The first-order chi connectivity index (χ1) is 5.22. The van der Waals surface area contributed by atoms with Gasteiger partial charge in [-0.05, 0) is 31.6 Å². The van der Waals surface area contributed by atoms with Gasteiger partial charge in [-0.1, -0.05) is 18.6 Å². The Hall–Kier alpha value is -0.340. The highest BCUT2D eigenvalue weighted by molar-refractivity contribution is 5.06. The highest BCUT2D eigenvalue weighted by Crippen LogP contribution is 2.26. The predicted octanol–water partition coefficient (Wildman–Crippen LogP) is 1.96. The van der Waals surface area contributed by atoms with Crippen LogP contribution in [0.1, 0.15) is 26.7 Å². The van der Waals surface area contributed by atoms with Crippen molar-refractivity contribution in [2.24, 2.45) is 11.8 Å². The number of hydroxylamine groups is 1. The lowest BCUT2D eigenvalue weighted by Gasteiger charge is -2.24. The zero-order valence-corrected chi connectivity index (χ0v) is 7.30. The normalized spacial score (nSPS) is 31.7. The Bertz CT molecular complexity index is 154. The second kappa shape index (κ2) is 3.88. The van der Waals surface area contributed by atoms with Crippen LogP contribution in [0.4, 0.5) is 0 Å². The summed E-state index contributed by atoms with van der Waals surface area (Å²) in [6.07, 6.45) is 4.66.